The lowest BCUT2D eigenvalue weighted by atomic mass is 9.92. The monoisotopic (exact) mass is 581 g/mol. The van der Waals surface area contributed by atoms with Crippen LogP contribution in [0.4, 0.5) is 0 Å². The van der Waals surface area contributed by atoms with Crippen molar-refractivity contribution in [2.45, 2.75) is 136 Å². The van der Waals surface area contributed by atoms with Crippen molar-refractivity contribution in [1.29, 1.82) is 0 Å². The summed E-state index contributed by atoms with van der Waals surface area (Å²) in [6.45, 7) is 8.50. The molecule has 0 aromatic carbocycles. The van der Waals surface area contributed by atoms with Gasteiger partial charge in [-0.1, -0.05) is 84.4 Å². The number of carbonyl (C=O) groups excluding carboxylic acids is 2. The second-order valence-corrected chi connectivity index (χ2v) is 12.1. The summed E-state index contributed by atoms with van der Waals surface area (Å²) in [5, 5.41) is 34.1. The average molecular weight is 582 g/mol. The van der Waals surface area contributed by atoms with Crippen LogP contribution in [0.1, 0.15) is 111 Å². The van der Waals surface area contributed by atoms with Crippen LogP contribution in [0.3, 0.4) is 0 Å². The van der Waals surface area contributed by atoms with Gasteiger partial charge in [-0.05, 0) is 55.9 Å². The molecular weight excluding hydrogens is 522 g/mol. The first-order chi connectivity index (χ1) is 19.6. The van der Waals surface area contributed by atoms with E-state index in [1.165, 1.54) is 19.3 Å². The molecule has 1 amide bonds. The third-order valence-corrected chi connectivity index (χ3v) is 8.08. The molecule has 7 unspecified atom stereocenters. The number of rotatable bonds is 5. The maximum atomic E-state index is 12.8. The topological polar surface area (TPSA) is 125 Å². The van der Waals surface area contributed by atoms with Gasteiger partial charge in [0.05, 0.1) is 30.8 Å². The normalized spacial score (nSPS) is 31.6. The Bertz CT molecular complexity index is 784. The van der Waals surface area contributed by atoms with Gasteiger partial charge in [0.1, 0.15) is 0 Å². The smallest absolute Gasteiger partial charge is 0.309 e. The van der Waals surface area contributed by atoms with Crippen LogP contribution in [0.25, 0.3) is 0 Å². The van der Waals surface area contributed by atoms with E-state index < -0.39 is 30.3 Å². The van der Waals surface area contributed by atoms with Gasteiger partial charge in [-0.2, -0.15) is 0 Å². The van der Waals surface area contributed by atoms with E-state index in [4.69, 9.17) is 9.47 Å². The standard InChI is InChI=1S/C33H59NO7/c1-6-13-31-32(38)34-22-28(35)21-30(37)29(36)19-18-27(23-40-5)17-12-16-26(7-2)15-11-9-8-10-14-24(3)20-25(4)33(39)41-31/h12,16-17,24-26,28-31,35-37H,6-11,13-15,18-23H2,1-5H3,(H,34,38). The maximum Gasteiger partial charge on any atom is 0.309 e. The summed E-state index contributed by atoms with van der Waals surface area (Å²) in [5.74, 6) is -0.208. The minimum absolute atomic E-state index is 0.0873. The number of hydrogen-bond donors (Lipinski definition) is 4. The Morgan fingerprint density at radius 1 is 0.976 bits per heavy atom. The van der Waals surface area contributed by atoms with Crippen LogP contribution < -0.4 is 5.32 Å². The van der Waals surface area contributed by atoms with Crippen LogP contribution in [-0.4, -0.2) is 71.9 Å². The van der Waals surface area contributed by atoms with Crippen molar-refractivity contribution in [3.05, 3.63) is 23.8 Å². The van der Waals surface area contributed by atoms with Crippen molar-refractivity contribution in [2.75, 3.05) is 20.3 Å². The first-order valence-corrected chi connectivity index (χ1v) is 16.0. The van der Waals surface area contributed by atoms with E-state index in [2.05, 4.69) is 31.3 Å². The van der Waals surface area contributed by atoms with Gasteiger partial charge in [0.2, 0.25) is 0 Å². The van der Waals surface area contributed by atoms with Crippen molar-refractivity contribution in [3.63, 3.8) is 0 Å². The molecule has 0 aromatic rings. The molecule has 4 N–H and O–H groups in total. The van der Waals surface area contributed by atoms with Crippen LogP contribution in [0.2, 0.25) is 0 Å². The minimum atomic E-state index is -1.14. The summed E-state index contributed by atoms with van der Waals surface area (Å²) in [6.07, 6.45) is 12.8. The summed E-state index contributed by atoms with van der Waals surface area (Å²) >= 11 is 0. The number of aliphatic hydroxyl groups is 3. The minimum Gasteiger partial charge on any atom is -0.452 e. The van der Waals surface area contributed by atoms with Gasteiger partial charge < -0.3 is 30.1 Å². The van der Waals surface area contributed by atoms with Crippen molar-refractivity contribution >= 4 is 11.9 Å². The lowest BCUT2D eigenvalue weighted by Gasteiger charge is -2.23. The van der Waals surface area contributed by atoms with Gasteiger partial charge in [-0.15, -0.1) is 0 Å². The quantitative estimate of drug-likeness (QED) is 0.327. The molecule has 0 radical (unpaired) electrons. The van der Waals surface area contributed by atoms with Gasteiger partial charge in [0, 0.05) is 20.1 Å². The van der Waals surface area contributed by atoms with E-state index in [0.29, 0.717) is 44.1 Å². The van der Waals surface area contributed by atoms with Crippen molar-refractivity contribution in [2.24, 2.45) is 17.8 Å². The number of hydrogen-bond acceptors (Lipinski definition) is 7. The van der Waals surface area contributed by atoms with Crippen LogP contribution in [0.15, 0.2) is 23.8 Å². The molecular formula is C33H59NO7. The Labute approximate surface area is 249 Å². The van der Waals surface area contributed by atoms with Crippen molar-refractivity contribution < 1.29 is 34.4 Å². The van der Waals surface area contributed by atoms with Crippen molar-refractivity contribution in [3.8, 4) is 0 Å². The Hall–Kier alpha value is -1.74. The summed E-state index contributed by atoms with van der Waals surface area (Å²) in [4.78, 5) is 25.6. The first kappa shape index (κ1) is 37.3. The number of ether oxygens (including phenoxy) is 2. The van der Waals surface area contributed by atoms with E-state index in [-0.39, 0.29) is 24.9 Å². The second kappa shape index (κ2) is 21.9. The molecule has 1 rings (SSSR count). The number of β-amino-alcohol motifs (C(OH)–C–C–N with tert-alkyl or cyclic N) is 1. The van der Waals surface area contributed by atoms with E-state index >= 15 is 0 Å². The fourth-order valence-corrected chi connectivity index (χ4v) is 5.38. The van der Waals surface area contributed by atoms with Gasteiger partial charge in [0.15, 0.2) is 6.10 Å². The van der Waals surface area contributed by atoms with E-state index in [1.807, 2.05) is 19.9 Å². The number of esters is 1. The highest BCUT2D eigenvalue weighted by molar-refractivity contribution is 5.84. The summed E-state index contributed by atoms with van der Waals surface area (Å²) in [5.41, 5.74) is 1.03. The molecule has 0 bridgehead atoms. The molecule has 0 saturated carbocycles. The lowest BCUT2D eigenvalue weighted by Crippen LogP contribution is -2.43. The van der Waals surface area contributed by atoms with Gasteiger partial charge >= 0.3 is 5.97 Å². The molecule has 8 heteroatoms. The van der Waals surface area contributed by atoms with E-state index in [0.717, 1.165) is 37.7 Å². The van der Waals surface area contributed by atoms with Gasteiger partial charge in [-0.25, -0.2) is 0 Å². The number of aliphatic hydroxyl groups excluding tert-OH is 3. The van der Waals surface area contributed by atoms with Crippen LogP contribution in [0.5, 0.6) is 0 Å². The van der Waals surface area contributed by atoms with E-state index in [1.54, 1.807) is 7.11 Å². The van der Waals surface area contributed by atoms with Gasteiger partial charge in [-0.3, -0.25) is 9.59 Å². The van der Waals surface area contributed by atoms with Crippen molar-refractivity contribution in [1.82, 2.24) is 5.32 Å². The van der Waals surface area contributed by atoms with Crippen LogP contribution in [0, 0.1) is 17.8 Å². The molecule has 0 spiro atoms. The first-order valence-electron chi connectivity index (χ1n) is 16.0. The molecule has 0 fully saturated rings. The fraction of sp³-hybridized carbons (Fsp3) is 0.818. The molecule has 7 atom stereocenters. The average Bonchev–Trinajstić information content (AvgIpc) is 2.94. The van der Waals surface area contributed by atoms with E-state index in [9.17, 15) is 24.9 Å². The number of methoxy groups -OCH3 is 1. The molecule has 1 aliphatic heterocycles. The Balaban J connectivity index is 2.94. The molecule has 238 valence electrons. The zero-order chi connectivity index (χ0) is 30.6. The molecule has 41 heavy (non-hydrogen) atoms. The number of carbonyl (C=O) groups is 2. The molecule has 1 heterocycles. The second-order valence-electron chi connectivity index (χ2n) is 12.1. The third kappa shape index (κ3) is 16.5. The zero-order valence-electron chi connectivity index (χ0n) is 26.4. The number of allylic oxidation sites excluding steroid dienone is 3. The Morgan fingerprint density at radius 2 is 1.68 bits per heavy atom. The number of amides is 1. The molecule has 8 nitrogen and oxygen atoms in total. The predicted molar refractivity (Wildman–Crippen MR) is 163 cm³/mol. The number of cyclic esters (lactones) is 1. The largest absolute Gasteiger partial charge is 0.452 e. The predicted octanol–water partition coefficient (Wildman–Crippen LogP) is 5.24. The zero-order valence-corrected chi connectivity index (χ0v) is 26.4. The summed E-state index contributed by atoms with van der Waals surface area (Å²) in [7, 11) is 1.64. The Kier molecular flexibility index (Phi) is 19.9. The SMILES string of the molecule is CCCC1OC(=O)C(C)CC(C)CCCCCCC(CC)C=CC=C(COC)CCC(O)C(O)CC(O)CNC1=O. The highest BCUT2D eigenvalue weighted by Crippen LogP contribution is 2.22. The lowest BCUT2D eigenvalue weighted by molar-refractivity contribution is -0.160. The van der Waals surface area contributed by atoms with Crippen LogP contribution in [-0.2, 0) is 19.1 Å². The molecule has 1 aliphatic rings. The summed E-state index contributed by atoms with van der Waals surface area (Å²) < 4.78 is 10.9. The highest BCUT2D eigenvalue weighted by Gasteiger charge is 2.27. The molecule has 0 aromatic heterocycles. The molecule has 0 saturated heterocycles. The highest BCUT2D eigenvalue weighted by atomic mass is 16.5. The van der Waals surface area contributed by atoms with Gasteiger partial charge in [0.25, 0.3) is 5.91 Å². The molecule has 0 aliphatic carbocycles. The third-order valence-electron chi connectivity index (χ3n) is 8.08. The maximum absolute atomic E-state index is 12.8. The number of nitrogens with one attached hydrogen (secondary N) is 1. The Morgan fingerprint density at radius 3 is 2.34 bits per heavy atom. The summed E-state index contributed by atoms with van der Waals surface area (Å²) in [6, 6.07) is 0. The fourth-order valence-electron chi connectivity index (χ4n) is 5.38. The van der Waals surface area contributed by atoms with Crippen LogP contribution >= 0.6 is 0 Å².